The Morgan fingerprint density at radius 2 is 1.83 bits per heavy atom. The first-order valence-electron chi connectivity index (χ1n) is 9.06. The van der Waals surface area contributed by atoms with Gasteiger partial charge in [-0.15, -0.1) is 0 Å². The molecule has 10 heteroatoms. The van der Waals surface area contributed by atoms with Crippen molar-refractivity contribution < 1.29 is 9.47 Å². The van der Waals surface area contributed by atoms with Gasteiger partial charge >= 0.3 is 0 Å². The van der Waals surface area contributed by atoms with Gasteiger partial charge in [0.25, 0.3) is 5.88 Å². The number of fused-ring (bicyclic) bond motifs is 1. The van der Waals surface area contributed by atoms with Crippen molar-refractivity contribution in [2.24, 2.45) is 0 Å². The molecular weight excluding hydrogens is 403 g/mol. The van der Waals surface area contributed by atoms with Crippen LogP contribution in [-0.2, 0) is 6.54 Å². The zero-order valence-electron chi connectivity index (χ0n) is 16.7. The minimum atomic E-state index is 0.0534. The summed E-state index contributed by atoms with van der Waals surface area (Å²) in [7, 11) is 9.39. The molecule has 4 rings (SSSR count). The molecular formula is C20H18BClN6O2. The number of pyridine rings is 1. The highest BCUT2D eigenvalue weighted by Crippen LogP contribution is 2.33. The van der Waals surface area contributed by atoms with Crippen molar-refractivity contribution in [2.75, 3.05) is 20.0 Å². The largest absolute Gasteiger partial charge is 0.491 e. The third-order valence-corrected chi connectivity index (χ3v) is 5.07. The Morgan fingerprint density at radius 3 is 2.50 bits per heavy atom. The molecule has 0 saturated heterocycles. The highest BCUT2D eigenvalue weighted by Gasteiger charge is 2.21. The lowest BCUT2D eigenvalue weighted by atomic mass is 9.89. The summed E-state index contributed by atoms with van der Waals surface area (Å²) in [6, 6.07) is 9.64. The number of aromatic nitrogens is 5. The van der Waals surface area contributed by atoms with Gasteiger partial charge in [-0.3, -0.25) is 0 Å². The molecule has 0 bridgehead atoms. The maximum Gasteiger partial charge on any atom is 0.257 e. The summed E-state index contributed by atoms with van der Waals surface area (Å²) in [6.07, 6.45) is 0. The minimum absolute atomic E-state index is 0.0534. The van der Waals surface area contributed by atoms with Crippen molar-refractivity contribution in [1.82, 2.24) is 24.7 Å². The van der Waals surface area contributed by atoms with Crippen molar-refractivity contribution >= 4 is 41.9 Å². The summed E-state index contributed by atoms with van der Waals surface area (Å²) in [6.45, 7) is 2.07. The second-order valence-corrected chi connectivity index (χ2v) is 6.94. The van der Waals surface area contributed by atoms with E-state index in [1.54, 1.807) is 11.8 Å². The highest BCUT2D eigenvalue weighted by molar-refractivity contribution is 6.35. The minimum Gasteiger partial charge on any atom is -0.491 e. The SMILES string of the molecule is [B]c1c(Cn2nc(-c3ccccc3)c3c(Cl)nc(N)nc32)nc(OC)c(OC)c1C. The highest BCUT2D eigenvalue weighted by atomic mass is 35.5. The van der Waals surface area contributed by atoms with Crippen molar-refractivity contribution in [3.63, 3.8) is 0 Å². The monoisotopic (exact) mass is 420 g/mol. The molecule has 8 nitrogen and oxygen atoms in total. The van der Waals surface area contributed by atoms with Gasteiger partial charge in [0.15, 0.2) is 11.4 Å². The zero-order valence-corrected chi connectivity index (χ0v) is 17.4. The number of halogens is 1. The summed E-state index contributed by atoms with van der Waals surface area (Å²) in [5.74, 6) is 0.882. The lowest BCUT2D eigenvalue weighted by molar-refractivity contribution is 0.340. The molecule has 0 atom stereocenters. The number of nitrogens with two attached hydrogens (primary N) is 1. The number of hydrogen-bond donors (Lipinski definition) is 1. The van der Waals surface area contributed by atoms with Crippen LogP contribution in [0.15, 0.2) is 30.3 Å². The standard InChI is InChI=1S/C20H18BClN6O2/c1-10-14(21)12(24-19(30-3)16(10)29-2)9-28-18-13(17(22)25-20(23)26-18)15(27-28)11-7-5-4-6-8-11/h4-8H,9H2,1-3H3,(H2,23,25,26). The summed E-state index contributed by atoms with van der Waals surface area (Å²) < 4.78 is 12.4. The van der Waals surface area contributed by atoms with E-state index in [0.717, 1.165) is 11.1 Å². The van der Waals surface area contributed by atoms with Crippen LogP contribution in [0.5, 0.6) is 11.6 Å². The van der Waals surface area contributed by atoms with E-state index in [4.69, 9.17) is 39.8 Å². The van der Waals surface area contributed by atoms with Gasteiger partial charge in [0.05, 0.1) is 31.8 Å². The topological polar surface area (TPSA) is 101 Å². The van der Waals surface area contributed by atoms with Gasteiger partial charge in [-0.1, -0.05) is 47.4 Å². The number of rotatable bonds is 5. The number of anilines is 1. The average molecular weight is 421 g/mol. The maximum absolute atomic E-state index is 6.42. The van der Waals surface area contributed by atoms with Crippen molar-refractivity contribution in [3.8, 4) is 22.9 Å². The Hall–Kier alpha value is -3.33. The van der Waals surface area contributed by atoms with E-state index < -0.39 is 0 Å². The summed E-state index contributed by atoms with van der Waals surface area (Å²) in [5.41, 5.74) is 9.62. The molecule has 30 heavy (non-hydrogen) atoms. The second kappa shape index (κ2) is 7.83. The number of ether oxygens (including phenoxy) is 2. The van der Waals surface area contributed by atoms with Crippen LogP contribution in [0.25, 0.3) is 22.3 Å². The van der Waals surface area contributed by atoms with E-state index in [1.807, 2.05) is 37.3 Å². The fourth-order valence-corrected chi connectivity index (χ4v) is 3.59. The first kappa shape index (κ1) is 20.0. The van der Waals surface area contributed by atoms with Crippen LogP contribution in [0.4, 0.5) is 5.95 Å². The third kappa shape index (κ3) is 3.31. The Kier molecular flexibility index (Phi) is 5.21. The van der Waals surface area contributed by atoms with Crippen LogP contribution in [0.2, 0.25) is 5.15 Å². The molecule has 0 fully saturated rings. The number of benzene rings is 1. The normalized spacial score (nSPS) is 11.1. The lowest BCUT2D eigenvalue weighted by Crippen LogP contribution is -2.21. The van der Waals surface area contributed by atoms with Gasteiger partial charge in [-0.2, -0.15) is 10.1 Å². The number of methoxy groups -OCH3 is 2. The summed E-state index contributed by atoms with van der Waals surface area (Å²) in [4.78, 5) is 13.0. The third-order valence-electron chi connectivity index (χ3n) is 4.80. The van der Waals surface area contributed by atoms with Crippen LogP contribution < -0.4 is 20.7 Å². The van der Waals surface area contributed by atoms with E-state index in [0.29, 0.717) is 39.5 Å². The first-order valence-corrected chi connectivity index (χ1v) is 9.44. The molecule has 150 valence electrons. The quantitative estimate of drug-likeness (QED) is 0.390. The number of nitrogens with zero attached hydrogens (tertiary/aromatic N) is 5. The van der Waals surface area contributed by atoms with Gasteiger partial charge in [-0.05, 0) is 12.5 Å². The molecule has 1 aromatic carbocycles. The van der Waals surface area contributed by atoms with E-state index in [1.165, 1.54) is 7.11 Å². The van der Waals surface area contributed by atoms with Crippen LogP contribution in [-0.4, -0.2) is 46.8 Å². The molecule has 3 aromatic heterocycles. The van der Waals surface area contributed by atoms with E-state index >= 15 is 0 Å². The van der Waals surface area contributed by atoms with Gasteiger partial charge in [-0.25, -0.2) is 14.6 Å². The lowest BCUT2D eigenvalue weighted by Gasteiger charge is -2.16. The molecule has 0 unspecified atom stereocenters. The predicted molar refractivity (Wildman–Crippen MR) is 117 cm³/mol. The molecule has 0 spiro atoms. The van der Waals surface area contributed by atoms with Crippen molar-refractivity contribution in [3.05, 3.63) is 46.7 Å². The Balaban J connectivity index is 1.92. The summed E-state index contributed by atoms with van der Waals surface area (Å²) in [5, 5.41) is 5.57. The molecule has 2 N–H and O–H groups in total. The molecule has 2 radical (unpaired) electrons. The predicted octanol–water partition coefficient (Wildman–Crippen LogP) is 2.29. The molecule has 0 aliphatic carbocycles. The van der Waals surface area contributed by atoms with E-state index in [2.05, 4.69) is 15.0 Å². The Labute approximate surface area is 179 Å². The van der Waals surface area contributed by atoms with Gasteiger partial charge in [0.2, 0.25) is 5.95 Å². The number of nitrogen functional groups attached to an aromatic ring is 1. The smallest absolute Gasteiger partial charge is 0.257 e. The first-order chi connectivity index (χ1) is 14.4. The molecule has 4 aromatic rings. The zero-order chi connectivity index (χ0) is 21.4. The van der Waals surface area contributed by atoms with E-state index in [-0.39, 0.29) is 17.6 Å². The second-order valence-electron chi connectivity index (χ2n) is 6.58. The van der Waals surface area contributed by atoms with Gasteiger partial charge in [0.1, 0.15) is 18.7 Å². The van der Waals surface area contributed by atoms with Crippen molar-refractivity contribution in [1.29, 1.82) is 0 Å². The van der Waals surface area contributed by atoms with Gasteiger partial charge in [0, 0.05) is 5.56 Å². The maximum atomic E-state index is 6.42. The molecule has 0 amide bonds. The fourth-order valence-electron chi connectivity index (χ4n) is 3.33. The number of hydrogen-bond acceptors (Lipinski definition) is 7. The molecule has 0 aliphatic rings. The summed E-state index contributed by atoms with van der Waals surface area (Å²) >= 11 is 6.42. The average Bonchev–Trinajstić information content (AvgIpc) is 3.10. The van der Waals surface area contributed by atoms with Crippen molar-refractivity contribution in [2.45, 2.75) is 13.5 Å². The van der Waals surface area contributed by atoms with Crippen LogP contribution in [0.3, 0.4) is 0 Å². The van der Waals surface area contributed by atoms with Crippen LogP contribution in [0, 0.1) is 6.92 Å². The Bertz CT molecular complexity index is 1250. The van der Waals surface area contributed by atoms with E-state index in [9.17, 15) is 0 Å². The van der Waals surface area contributed by atoms with Crippen LogP contribution >= 0.6 is 11.6 Å². The molecule has 0 aliphatic heterocycles. The van der Waals surface area contributed by atoms with Gasteiger partial charge < -0.3 is 15.2 Å². The Morgan fingerprint density at radius 1 is 1.10 bits per heavy atom. The van der Waals surface area contributed by atoms with Crippen LogP contribution in [0.1, 0.15) is 11.3 Å². The molecule has 0 saturated carbocycles. The molecule has 3 heterocycles. The fraction of sp³-hybridized carbons (Fsp3) is 0.200.